The van der Waals surface area contributed by atoms with Crippen molar-refractivity contribution in [2.75, 3.05) is 29.4 Å². The maximum atomic E-state index is 11.8. The van der Waals surface area contributed by atoms with Crippen LogP contribution in [0.2, 0.25) is 0 Å². The maximum Gasteiger partial charge on any atom is 0.227 e. The molecule has 0 atom stereocenters. The summed E-state index contributed by atoms with van der Waals surface area (Å²) in [4.78, 5) is 24.4. The molecule has 4 rings (SSSR count). The fraction of sp³-hybridized carbons (Fsp3) is 0.467. The third-order valence-corrected chi connectivity index (χ3v) is 4.29. The van der Waals surface area contributed by atoms with Crippen molar-refractivity contribution >= 4 is 17.4 Å². The number of nitrogens with zero attached hydrogens (tertiary/aromatic N) is 6. The number of anilines is 2. The fourth-order valence-electron chi connectivity index (χ4n) is 3.02. The molecule has 0 saturated carbocycles. The second kappa shape index (κ2) is 5.08. The van der Waals surface area contributed by atoms with E-state index in [1.54, 1.807) is 12.4 Å². The monoisotopic (exact) mass is 298 g/mol. The minimum atomic E-state index is 0.200. The van der Waals surface area contributed by atoms with Gasteiger partial charge in [-0.05, 0) is 19.4 Å². The Bertz CT molecular complexity index is 706. The van der Waals surface area contributed by atoms with Crippen LogP contribution in [0, 0.1) is 6.92 Å². The first-order chi connectivity index (χ1) is 10.7. The van der Waals surface area contributed by atoms with Gasteiger partial charge in [-0.2, -0.15) is 5.10 Å². The van der Waals surface area contributed by atoms with Crippen LogP contribution in [0.1, 0.15) is 24.7 Å². The van der Waals surface area contributed by atoms with Gasteiger partial charge in [0.05, 0.1) is 17.9 Å². The third-order valence-electron chi connectivity index (χ3n) is 4.29. The number of carbonyl (C=O) groups is 1. The molecule has 2 aliphatic heterocycles. The summed E-state index contributed by atoms with van der Waals surface area (Å²) in [7, 11) is 0. The van der Waals surface area contributed by atoms with Gasteiger partial charge < -0.3 is 9.80 Å². The average molecular weight is 298 g/mol. The third kappa shape index (κ3) is 2.22. The average Bonchev–Trinajstić information content (AvgIpc) is 3.06. The van der Waals surface area contributed by atoms with E-state index in [1.165, 1.54) is 0 Å². The summed E-state index contributed by atoms with van der Waals surface area (Å²) in [5.74, 6) is 1.95. The van der Waals surface area contributed by atoms with Crippen LogP contribution in [-0.2, 0) is 4.79 Å². The largest absolute Gasteiger partial charge is 0.352 e. The molecular formula is C15H18N6O. The van der Waals surface area contributed by atoms with Crippen molar-refractivity contribution in [3.8, 4) is 0 Å². The van der Waals surface area contributed by atoms with Gasteiger partial charge in [0.15, 0.2) is 0 Å². The zero-order valence-electron chi connectivity index (χ0n) is 12.5. The van der Waals surface area contributed by atoms with E-state index in [0.717, 1.165) is 43.4 Å². The smallest absolute Gasteiger partial charge is 0.227 e. The van der Waals surface area contributed by atoms with Crippen LogP contribution in [-0.4, -0.2) is 45.3 Å². The van der Waals surface area contributed by atoms with Gasteiger partial charge in [0.25, 0.3) is 0 Å². The molecule has 7 heteroatoms. The van der Waals surface area contributed by atoms with Crippen molar-refractivity contribution in [1.29, 1.82) is 0 Å². The Morgan fingerprint density at radius 1 is 1.32 bits per heavy atom. The fourth-order valence-corrected chi connectivity index (χ4v) is 3.02. The van der Waals surface area contributed by atoms with Crippen LogP contribution in [0.4, 0.5) is 11.5 Å². The van der Waals surface area contributed by atoms with Crippen molar-refractivity contribution in [2.24, 2.45) is 0 Å². The molecule has 2 fully saturated rings. The molecule has 0 spiro atoms. The zero-order valence-corrected chi connectivity index (χ0v) is 12.5. The standard InChI is InChI=1S/C15H18N6O/c1-11-16-5-4-14(18-11)19-8-13(9-19)21-10-12(7-17-21)20-6-2-3-15(20)22/h4-5,7,10,13H,2-3,6,8-9H2,1H3. The Hall–Kier alpha value is -2.44. The van der Waals surface area contributed by atoms with E-state index in [4.69, 9.17) is 0 Å². The molecule has 114 valence electrons. The van der Waals surface area contributed by atoms with Gasteiger partial charge in [-0.3, -0.25) is 9.48 Å². The Balaban J connectivity index is 1.43. The lowest BCUT2D eigenvalue weighted by molar-refractivity contribution is -0.117. The van der Waals surface area contributed by atoms with Crippen LogP contribution in [0.25, 0.3) is 0 Å². The first kappa shape index (κ1) is 13.2. The molecule has 4 heterocycles. The molecular weight excluding hydrogens is 280 g/mol. The summed E-state index contributed by atoms with van der Waals surface area (Å²) in [5.41, 5.74) is 0.916. The summed E-state index contributed by atoms with van der Waals surface area (Å²) in [6, 6.07) is 2.27. The van der Waals surface area contributed by atoms with E-state index in [0.29, 0.717) is 12.5 Å². The van der Waals surface area contributed by atoms with Gasteiger partial charge in [0.2, 0.25) is 5.91 Å². The van der Waals surface area contributed by atoms with Gasteiger partial charge in [-0.1, -0.05) is 0 Å². The topological polar surface area (TPSA) is 67.2 Å². The number of aryl methyl sites for hydroxylation is 1. The molecule has 2 aliphatic rings. The van der Waals surface area contributed by atoms with E-state index in [-0.39, 0.29) is 5.91 Å². The molecule has 0 radical (unpaired) electrons. The zero-order chi connectivity index (χ0) is 15.1. The maximum absolute atomic E-state index is 11.8. The first-order valence-corrected chi connectivity index (χ1v) is 7.60. The highest BCUT2D eigenvalue weighted by Crippen LogP contribution is 2.28. The first-order valence-electron chi connectivity index (χ1n) is 7.60. The quantitative estimate of drug-likeness (QED) is 0.851. The Morgan fingerprint density at radius 3 is 2.91 bits per heavy atom. The highest BCUT2D eigenvalue weighted by Gasteiger charge is 2.31. The van der Waals surface area contributed by atoms with Crippen molar-refractivity contribution in [1.82, 2.24) is 19.7 Å². The van der Waals surface area contributed by atoms with Crippen molar-refractivity contribution in [2.45, 2.75) is 25.8 Å². The Morgan fingerprint density at radius 2 is 2.18 bits per heavy atom. The second-order valence-corrected chi connectivity index (χ2v) is 5.85. The van der Waals surface area contributed by atoms with Gasteiger partial charge >= 0.3 is 0 Å². The van der Waals surface area contributed by atoms with Crippen LogP contribution in [0.3, 0.4) is 0 Å². The SMILES string of the molecule is Cc1nccc(N2CC(n3cc(N4CCCC4=O)cn3)C2)n1. The molecule has 0 aromatic carbocycles. The number of hydrogen-bond acceptors (Lipinski definition) is 5. The van der Waals surface area contributed by atoms with E-state index in [2.05, 4.69) is 20.0 Å². The van der Waals surface area contributed by atoms with Crippen LogP contribution in [0.15, 0.2) is 24.7 Å². The number of amides is 1. The van der Waals surface area contributed by atoms with Gasteiger partial charge in [-0.15, -0.1) is 0 Å². The van der Waals surface area contributed by atoms with Crippen LogP contribution in [0.5, 0.6) is 0 Å². The predicted molar refractivity (Wildman–Crippen MR) is 81.8 cm³/mol. The summed E-state index contributed by atoms with van der Waals surface area (Å²) < 4.78 is 1.96. The summed E-state index contributed by atoms with van der Waals surface area (Å²) in [6.45, 7) is 4.46. The molecule has 22 heavy (non-hydrogen) atoms. The van der Waals surface area contributed by atoms with Gasteiger partial charge in [0.1, 0.15) is 11.6 Å². The molecule has 1 amide bonds. The second-order valence-electron chi connectivity index (χ2n) is 5.85. The summed E-state index contributed by atoms with van der Waals surface area (Å²) in [6.07, 6.45) is 7.15. The lowest BCUT2D eigenvalue weighted by atomic mass is 10.1. The molecule has 2 aromatic rings. The minimum Gasteiger partial charge on any atom is -0.352 e. The molecule has 0 aliphatic carbocycles. The van der Waals surface area contributed by atoms with E-state index in [9.17, 15) is 4.79 Å². The van der Waals surface area contributed by atoms with Gasteiger partial charge in [0, 0.05) is 38.4 Å². The molecule has 7 nitrogen and oxygen atoms in total. The highest BCUT2D eigenvalue weighted by molar-refractivity contribution is 5.95. The number of hydrogen-bond donors (Lipinski definition) is 0. The summed E-state index contributed by atoms with van der Waals surface area (Å²) >= 11 is 0. The predicted octanol–water partition coefficient (Wildman–Crippen LogP) is 1.17. The Kier molecular flexibility index (Phi) is 3.06. The number of carbonyl (C=O) groups excluding carboxylic acids is 1. The number of aromatic nitrogens is 4. The molecule has 0 N–H and O–H groups in total. The van der Waals surface area contributed by atoms with Crippen LogP contribution < -0.4 is 9.80 Å². The van der Waals surface area contributed by atoms with E-state index >= 15 is 0 Å². The van der Waals surface area contributed by atoms with E-state index in [1.807, 2.05) is 28.8 Å². The lowest BCUT2D eigenvalue weighted by Crippen LogP contribution is -2.48. The summed E-state index contributed by atoms with van der Waals surface area (Å²) in [5, 5.41) is 4.43. The number of rotatable bonds is 3. The van der Waals surface area contributed by atoms with Gasteiger partial charge in [-0.25, -0.2) is 9.97 Å². The van der Waals surface area contributed by atoms with Crippen LogP contribution >= 0.6 is 0 Å². The normalized spacial score (nSPS) is 18.9. The lowest BCUT2D eigenvalue weighted by Gasteiger charge is -2.40. The van der Waals surface area contributed by atoms with Crippen molar-refractivity contribution in [3.63, 3.8) is 0 Å². The Labute approximate surface area is 128 Å². The van der Waals surface area contributed by atoms with Crippen molar-refractivity contribution < 1.29 is 4.79 Å². The molecule has 0 unspecified atom stereocenters. The molecule has 0 bridgehead atoms. The molecule has 2 saturated heterocycles. The van der Waals surface area contributed by atoms with Crippen molar-refractivity contribution in [3.05, 3.63) is 30.5 Å². The van der Waals surface area contributed by atoms with E-state index < -0.39 is 0 Å². The minimum absolute atomic E-state index is 0.200. The highest BCUT2D eigenvalue weighted by atomic mass is 16.2. The molecule has 2 aromatic heterocycles.